The first-order chi connectivity index (χ1) is 13.0. The SMILES string of the molecule is CC[C@@H](C)N1C(=O)c2ccccc2N[C@@H]1c1ccc(OC(C)C)c(OC)c1. The van der Waals surface area contributed by atoms with Gasteiger partial charge in [-0.15, -0.1) is 0 Å². The highest BCUT2D eigenvalue weighted by atomic mass is 16.5. The second-order valence-corrected chi connectivity index (χ2v) is 7.14. The maximum atomic E-state index is 13.2. The van der Waals surface area contributed by atoms with Crippen LogP contribution in [0.25, 0.3) is 0 Å². The Morgan fingerprint density at radius 1 is 1.11 bits per heavy atom. The van der Waals surface area contributed by atoms with Gasteiger partial charge in [0, 0.05) is 11.7 Å². The fraction of sp³-hybridized carbons (Fsp3) is 0.409. The number of methoxy groups -OCH3 is 1. The predicted octanol–water partition coefficient (Wildman–Crippen LogP) is 4.85. The van der Waals surface area contributed by atoms with Crippen LogP contribution in [-0.2, 0) is 0 Å². The molecule has 0 unspecified atom stereocenters. The second kappa shape index (κ2) is 7.91. The Bertz CT molecular complexity index is 819. The number of hydrogen-bond donors (Lipinski definition) is 1. The highest BCUT2D eigenvalue weighted by Crippen LogP contribution is 2.38. The molecule has 27 heavy (non-hydrogen) atoms. The minimum Gasteiger partial charge on any atom is -0.493 e. The molecule has 2 atom stereocenters. The van der Waals surface area contributed by atoms with Crippen LogP contribution in [0.15, 0.2) is 42.5 Å². The lowest BCUT2D eigenvalue weighted by Crippen LogP contribution is -2.47. The monoisotopic (exact) mass is 368 g/mol. The van der Waals surface area contributed by atoms with Gasteiger partial charge in [-0.1, -0.05) is 25.1 Å². The topological polar surface area (TPSA) is 50.8 Å². The lowest BCUT2D eigenvalue weighted by Gasteiger charge is -2.41. The Hall–Kier alpha value is -2.69. The number of nitrogens with one attached hydrogen (secondary N) is 1. The van der Waals surface area contributed by atoms with Gasteiger partial charge in [0.2, 0.25) is 0 Å². The van der Waals surface area contributed by atoms with Crippen LogP contribution in [0.4, 0.5) is 5.69 Å². The molecule has 5 nitrogen and oxygen atoms in total. The van der Waals surface area contributed by atoms with E-state index in [-0.39, 0.29) is 24.2 Å². The van der Waals surface area contributed by atoms with E-state index in [0.717, 1.165) is 17.7 Å². The molecule has 1 N–H and O–H groups in total. The summed E-state index contributed by atoms with van der Waals surface area (Å²) in [6.07, 6.45) is 0.671. The fourth-order valence-corrected chi connectivity index (χ4v) is 3.37. The van der Waals surface area contributed by atoms with Crippen LogP contribution in [0.5, 0.6) is 11.5 Å². The molecule has 1 aliphatic rings. The van der Waals surface area contributed by atoms with Crippen LogP contribution in [0, 0.1) is 0 Å². The zero-order valence-corrected chi connectivity index (χ0v) is 16.7. The van der Waals surface area contributed by atoms with E-state index >= 15 is 0 Å². The quantitative estimate of drug-likeness (QED) is 0.792. The number of carbonyl (C=O) groups excluding carboxylic acids is 1. The van der Waals surface area contributed by atoms with Gasteiger partial charge in [0.15, 0.2) is 11.5 Å². The van der Waals surface area contributed by atoms with Gasteiger partial charge in [-0.3, -0.25) is 4.79 Å². The first-order valence-corrected chi connectivity index (χ1v) is 9.49. The molecule has 0 saturated carbocycles. The van der Waals surface area contributed by atoms with Crippen molar-refractivity contribution in [3.63, 3.8) is 0 Å². The highest BCUT2D eigenvalue weighted by Gasteiger charge is 2.35. The molecule has 2 aromatic rings. The van der Waals surface area contributed by atoms with Crippen LogP contribution in [0.2, 0.25) is 0 Å². The number of hydrogen-bond acceptors (Lipinski definition) is 4. The van der Waals surface area contributed by atoms with Crippen molar-refractivity contribution in [1.29, 1.82) is 0 Å². The number of anilines is 1. The number of nitrogens with zero attached hydrogens (tertiary/aromatic N) is 1. The summed E-state index contributed by atoms with van der Waals surface area (Å²) in [4.78, 5) is 15.1. The number of para-hydroxylation sites is 1. The molecule has 0 saturated heterocycles. The Balaban J connectivity index is 2.04. The van der Waals surface area contributed by atoms with E-state index in [0.29, 0.717) is 17.1 Å². The molecule has 3 rings (SSSR count). The van der Waals surface area contributed by atoms with E-state index in [1.165, 1.54) is 0 Å². The Labute approximate surface area is 161 Å². The maximum absolute atomic E-state index is 13.2. The van der Waals surface area contributed by atoms with Crippen molar-refractivity contribution in [3.05, 3.63) is 53.6 Å². The van der Waals surface area contributed by atoms with Gasteiger partial charge in [-0.05, 0) is 57.0 Å². The van der Waals surface area contributed by atoms with Crippen molar-refractivity contribution in [3.8, 4) is 11.5 Å². The average molecular weight is 368 g/mol. The smallest absolute Gasteiger partial charge is 0.258 e. The summed E-state index contributed by atoms with van der Waals surface area (Å²) in [6, 6.07) is 13.6. The predicted molar refractivity (Wildman–Crippen MR) is 107 cm³/mol. The highest BCUT2D eigenvalue weighted by molar-refractivity contribution is 6.01. The van der Waals surface area contributed by atoms with Crippen molar-refractivity contribution in [2.75, 3.05) is 12.4 Å². The van der Waals surface area contributed by atoms with Crippen LogP contribution >= 0.6 is 0 Å². The zero-order chi connectivity index (χ0) is 19.6. The molecule has 1 aliphatic heterocycles. The number of rotatable bonds is 6. The fourth-order valence-electron chi connectivity index (χ4n) is 3.37. The van der Waals surface area contributed by atoms with E-state index in [1.54, 1.807) is 7.11 Å². The minimum absolute atomic E-state index is 0.0465. The largest absolute Gasteiger partial charge is 0.493 e. The van der Waals surface area contributed by atoms with E-state index in [4.69, 9.17) is 9.47 Å². The third-order valence-corrected chi connectivity index (χ3v) is 4.89. The summed E-state index contributed by atoms with van der Waals surface area (Å²) >= 11 is 0. The summed E-state index contributed by atoms with van der Waals surface area (Å²) in [5.74, 6) is 1.41. The molecule has 144 valence electrons. The third kappa shape index (κ3) is 3.72. The molecule has 0 aliphatic carbocycles. The molecule has 2 aromatic carbocycles. The van der Waals surface area contributed by atoms with Crippen LogP contribution in [0.1, 0.15) is 56.2 Å². The molecule has 1 amide bonds. The third-order valence-electron chi connectivity index (χ3n) is 4.89. The van der Waals surface area contributed by atoms with E-state index < -0.39 is 0 Å². The Morgan fingerprint density at radius 2 is 1.85 bits per heavy atom. The normalized spacial score (nSPS) is 17.3. The van der Waals surface area contributed by atoms with Crippen LogP contribution < -0.4 is 14.8 Å². The number of carbonyl (C=O) groups is 1. The van der Waals surface area contributed by atoms with Crippen molar-refractivity contribution >= 4 is 11.6 Å². The number of ether oxygens (including phenoxy) is 2. The molecule has 5 heteroatoms. The van der Waals surface area contributed by atoms with Gasteiger partial charge < -0.3 is 19.7 Å². The van der Waals surface area contributed by atoms with Crippen molar-refractivity contribution in [2.24, 2.45) is 0 Å². The van der Waals surface area contributed by atoms with Crippen molar-refractivity contribution < 1.29 is 14.3 Å². The maximum Gasteiger partial charge on any atom is 0.258 e. The first-order valence-electron chi connectivity index (χ1n) is 9.49. The summed E-state index contributed by atoms with van der Waals surface area (Å²) in [7, 11) is 1.63. The van der Waals surface area contributed by atoms with Gasteiger partial charge in [0.1, 0.15) is 6.17 Å². The summed E-state index contributed by atoms with van der Waals surface area (Å²) in [5.41, 5.74) is 2.53. The van der Waals surface area contributed by atoms with E-state index in [1.807, 2.05) is 61.2 Å². The number of benzene rings is 2. The Kier molecular flexibility index (Phi) is 5.59. The molecular weight excluding hydrogens is 340 g/mol. The molecule has 0 fully saturated rings. The lowest BCUT2D eigenvalue weighted by molar-refractivity contribution is 0.0593. The van der Waals surface area contributed by atoms with Gasteiger partial charge in [0.25, 0.3) is 5.91 Å². The summed E-state index contributed by atoms with van der Waals surface area (Å²) in [6.45, 7) is 8.14. The molecule has 1 heterocycles. The standard InChI is InChI=1S/C22H28N2O3/c1-6-15(4)24-21(23-18-10-8-7-9-17(18)22(24)25)16-11-12-19(27-14(2)3)20(13-16)26-5/h7-15,21,23H,6H2,1-5H3/t15-,21+/m1/s1. The van der Waals surface area contributed by atoms with Gasteiger partial charge >= 0.3 is 0 Å². The van der Waals surface area contributed by atoms with Crippen LogP contribution in [0.3, 0.4) is 0 Å². The summed E-state index contributed by atoms with van der Waals surface area (Å²) < 4.78 is 11.4. The van der Waals surface area contributed by atoms with Gasteiger partial charge in [0.05, 0.1) is 18.8 Å². The molecule has 0 radical (unpaired) electrons. The van der Waals surface area contributed by atoms with Gasteiger partial charge in [-0.25, -0.2) is 0 Å². The lowest BCUT2D eigenvalue weighted by atomic mass is 10.0. The molecule has 0 spiro atoms. The van der Waals surface area contributed by atoms with E-state index in [9.17, 15) is 4.79 Å². The molecule has 0 aromatic heterocycles. The van der Waals surface area contributed by atoms with Crippen molar-refractivity contribution in [2.45, 2.75) is 52.4 Å². The van der Waals surface area contributed by atoms with Crippen LogP contribution in [-0.4, -0.2) is 30.1 Å². The number of amides is 1. The molecular formula is C22H28N2O3. The Morgan fingerprint density at radius 3 is 2.52 bits per heavy atom. The van der Waals surface area contributed by atoms with Crippen molar-refractivity contribution in [1.82, 2.24) is 4.90 Å². The minimum atomic E-state index is -0.260. The first kappa shape index (κ1) is 19.1. The molecule has 0 bridgehead atoms. The van der Waals surface area contributed by atoms with Gasteiger partial charge in [-0.2, -0.15) is 0 Å². The average Bonchev–Trinajstić information content (AvgIpc) is 2.67. The summed E-state index contributed by atoms with van der Waals surface area (Å²) in [5, 5.41) is 3.53. The number of fused-ring (bicyclic) bond motifs is 1. The second-order valence-electron chi connectivity index (χ2n) is 7.14. The van der Waals surface area contributed by atoms with E-state index in [2.05, 4.69) is 19.2 Å². The zero-order valence-electron chi connectivity index (χ0n) is 16.7.